The zero-order chi connectivity index (χ0) is 13.0. The summed E-state index contributed by atoms with van der Waals surface area (Å²) >= 11 is 0. The summed E-state index contributed by atoms with van der Waals surface area (Å²) in [5, 5.41) is 17.6. The number of rotatable bonds is 4. The lowest BCUT2D eigenvalue weighted by Crippen LogP contribution is -2.23. The second-order valence-corrected chi connectivity index (χ2v) is 3.51. The molecule has 2 aromatic heterocycles. The number of aromatic amines is 1. The molecule has 0 bridgehead atoms. The highest BCUT2D eigenvalue weighted by Gasteiger charge is 2.08. The van der Waals surface area contributed by atoms with Crippen LogP contribution < -0.4 is 5.32 Å². The highest BCUT2D eigenvalue weighted by atomic mass is 16.4. The van der Waals surface area contributed by atoms with Crippen molar-refractivity contribution in [1.82, 2.24) is 20.5 Å². The highest BCUT2D eigenvalue weighted by molar-refractivity contribution is 5.93. The third kappa shape index (κ3) is 2.70. The number of aromatic carboxylic acids is 1. The lowest BCUT2D eigenvalue weighted by Gasteiger charge is -2.03. The topological polar surface area (TPSA) is 108 Å². The molecule has 2 heterocycles. The first-order valence-electron chi connectivity index (χ1n) is 5.12. The maximum atomic E-state index is 11.6. The standard InChI is InChI=1S/C11H10N4O3/c16-10(8-4-14-15-5-8)13-6-9-3-7(11(17)18)1-2-12-9/h1-5H,6H2,(H,13,16)(H,14,15)(H,17,18). The van der Waals surface area contributed by atoms with Gasteiger partial charge in [0.25, 0.3) is 5.91 Å². The van der Waals surface area contributed by atoms with Crippen LogP contribution in [0.3, 0.4) is 0 Å². The van der Waals surface area contributed by atoms with E-state index in [4.69, 9.17) is 5.11 Å². The van der Waals surface area contributed by atoms with Crippen LogP contribution in [0, 0.1) is 0 Å². The smallest absolute Gasteiger partial charge is 0.335 e. The molecule has 2 aromatic rings. The van der Waals surface area contributed by atoms with Gasteiger partial charge in [-0.3, -0.25) is 14.9 Å². The average molecular weight is 246 g/mol. The Morgan fingerprint density at radius 3 is 2.89 bits per heavy atom. The molecule has 0 radical (unpaired) electrons. The number of amides is 1. The van der Waals surface area contributed by atoms with E-state index >= 15 is 0 Å². The van der Waals surface area contributed by atoms with Crippen molar-refractivity contribution >= 4 is 11.9 Å². The maximum absolute atomic E-state index is 11.6. The van der Waals surface area contributed by atoms with E-state index in [-0.39, 0.29) is 18.0 Å². The van der Waals surface area contributed by atoms with Gasteiger partial charge in [0.2, 0.25) is 0 Å². The summed E-state index contributed by atoms with van der Waals surface area (Å²) in [6.45, 7) is 0.158. The van der Waals surface area contributed by atoms with E-state index < -0.39 is 5.97 Å². The summed E-state index contributed by atoms with van der Waals surface area (Å²) in [6.07, 6.45) is 4.26. The molecule has 92 valence electrons. The van der Waals surface area contributed by atoms with Gasteiger partial charge in [-0.05, 0) is 12.1 Å². The molecular weight excluding hydrogens is 236 g/mol. The molecule has 0 aromatic carbocycles. The summed E-state index contributed by atoms with van der Waals surface area (Å²) in [4.78, 5) is 26.3. The van der Waals surface area contributed by atoms with Crippen LogP contribution in [0.4, 0.5) is 0 Å². The van der Waals surface area contributed by atoms with E-state index in [1.807, 2.05) is 0 Å². The maximum Gasteiger partial charge on any atom is 0.335 e. The van der Waals surface area contributed by atoms with Gasteiger partial charge in [-0.2, -0.15) is 5.10 Å². The van der Waals surface area contributed by atoms with Crippen molar-refractivity contribution in [2.45, 2.75) is 6.54 Å². The van der Waals surface area contributed by atoms with Crippen molar-refractivity contribution in [3.05, 3.63) is 47.5 Å². The van der Waals surface area contributed by atoms with E-state index in [1.54, 1.807) is 0 Å². The second kappa shape index (κ2) is 5.09. The molecule has 0 atom stereocenters. The number of carboxylic acids is 1. The van der Waals surface area contributed by atoms with E-state index in [0.29, 0.717) is 11.3 Å². The molecule has 3 N–H and O–H groups in total. The number of carboxylic acid groups (broad SMARTS) is 1. The Hall–Kier alpha value is -2.70. The van der Waals surface area contributed by atoms with Gasteiger partial charge in [0, 0.05) is 12.4 Å². The fourth-order valence-electron chi connectivity index (χ4n) is 1.36. The van der Waals surface area contributed by atoms with Gasteiger partial charge in [-0.15, -0.1) is 0 Å². The van der Waals surface area contributed by atoms with Gasteiger partial charge >= 0.3 is 5.97 Å². The predicted molar refractivity (Wildman–Crippen MR) is 61.0 cm³/mol. The van der Waals surface area contributed by atoms with Crippen LogP contribution in [0.5, 0.6) is 0 Å². The number of nitrogens with one attached hydrogen (secondary N) is 2. The SMILES string of the molecule is O=C(O)c1ccnc(CNC(=O)c2cn[nH]c2)c1. The molecule has 0 aliphatic carbocycles. The van der Waals surface area contributed by atoms with Gasteiger partial charge in [-0.25, -0.2) is 4.79 Å². The zero-order valence-corrected chi connectivity index (χ0v) is 9.25. The Balaban J connectivity index is 2.00. The number of carbonyl (C=O) groups is 2. The van der Waals surface area contributed by atoms with Crippen molar-refractivity contribution in [2.75, 3.05) is 0 Å². The van der Waals surface area contributed by atoms with Crippen LogP contribution in [0.25, 0.3) is 0 Å². The van der Waals surface area contributed by atoms with Crippen molar-refractivity contribution in [1.29, 1.82) is 0 Å². The van der Waals surface area contributed by atoms with Crippen molar-refractivity contribution < 1.29 is 14.7 Å². The quantitative estimate of drug-likeness (QED) is 0.725. The Morgan fingerprint density at radius 1 is 1.39 bits per heavy atom. The number of hydrogen-bond acceptors (Lipinski definition) is 4. The Morgan fingerprint density at radius 2 is 2.22 bits per heavy atom. The van der Waals surface area contributed by atoms with Gasteiger partial charge in [0.1, 0.15) is 0 Å². The van der Waals surface area contributed by atoms with Crippen molar-refractivity contribution in [3.8, 4) is 0 Å². The lowest BCUT2D eigenvalue weighted by atomic mass is 10.2. The summed E-state index contributed by atoms with van der Waals surface area (Å²) in [5.41, 5.74) is 1.02. The van der Waals surface area contributed by atoms with Crippen LogP contribution in [-0.2, 0) is 6.54 Å². The van der Waals surface area contributed by atoms with Crippen LogP contribution in [0.1, 0.15) is 26.4 Å². The van der Waals surface area contributed by atoms with E-state index in [1.165, 1.54) is 30.7 Å². The first kappa shape index (κ1) is 11.8. The minimum Gasteiger partial charge on any atom is -0.478 e. The Kier molecular flexibility index (Phi) is 3.33. The molecule has 1 amide bonds. The molecule has 7 heteroatoms. The van der Waals surface area contributed by atoms with Gasteiger partial charge in [0.15, 0.2) is 0 Å². The normalized spacial score (nSPS) is 10.0. The molecule has 0 spiro atoms. The lowest BCUT2D eigenvalue weighted by molar-refractivity contribution is 0.0696. The number of aromatic nitrogens is 3. The monoisotopic (exact) mass is 246 g/mol. The Bertz CT molecular complexity index is 565. The van der Waals surface area contributed by atoms with Crippen molar-refractivity contribution in [3.63, 3.8) is 0 Å². The summed E-state index contributed by atoms with van der Waals surface area (Å²) in [7, 11) is 0. The third-order valence-electron chi connectivity index (χ3n) is 2.25. The average Bonchev–Trinajstić information content (AvgIpc) is 2.90. The third-order valence-corrected chi connectivity index (χ3v) is 2.25. The number of H-pyrrole nitrogens is 1. The fraction of sp³-hybridized carbons (Fsp3) is 0.0909. The molecule has 0 aliphatic rings. The van der Waals surface area contributed by atoms with Crippen LogP contribution in [0.15, 0.2) is 30.7 Å². The van der Waals surface area contributed by atoms with Gasteiger partial charge in [0.05, 0.1) is 29.6 Å². The summed E-state index contributed by atoms with van der Waals surface area (Å²) in [5.74, 6) is -1.33. The van der Waals surface area contributed by atoms with Crippen LogP contribution in [0.2, 0.25) is 0 Å². The number of hydrogen-bond donors (Lipinski definition) is 3. The molecule has 0 saturated heterocycles. The molecule has 7 nitrogen and oxygen atoms in total. The fourth-order valence-corrected chi connectivity index (χ4v) is 1.36. The molecule has 2 rings (SSSR count). The minimum absolute atomic E-state index is 0.137. The predicted octanol–water partition coefficient (Wildman–Crippen LogP) is 0.433. The second-order valence-electron chi connectivity index (χ2n) is 3.51. The highest BCUT2D eigenvalue weighted by Crippen LogP contribution is 2.02. The first-order chi connectivity index (χ1) is 8.66. The Labute approximate surface area is 102 Å². The summed E-state index contributed by atoms with van der Waals surface area (Å²) < 4.78 is 0. The van der Waals surface area contributed by atoms with E-state index in [2.05, 4.69) is 20.5 Å². The molecule has 0 aliphatic heterocycles. The van der Waals surface area contributed by atoms with Gasteiger partial charge in [-0.1, -0.05) is 0 Å². The molecular formula is C11H10N4O3. The molecule has 0 saturated carbocycles. The first-order valence-corrected chi connectivity index (χ1v) is 5.12. The minimum atomic E-state index is -1.03. The number of nitrogens with zero attached hydrogens (tertiary/aromatic N) is 2. The van der Waals surface area contributed by atoms with Crippen LogP contribution in [-0.4, -0.2) is 32.2 Å². The van der Waals surface area contributed by atoms with Crippen LogP contribution >= 0.6 is 0 Å². The van der Waals surface area contributed by atoms with Crippen molar-refractivity contribution in [2.24, 2.45) is 0 Å². The molecule has 18 heavy (non-hydrogen) atoms. The zero-order valence-electron chi connectivity index (χ0n) is 9.25. The molecule has 0 unspecified atom stereocenters. The molecule has 0 fully saturated rings. The number of pyridine rings is 1. The summed E-state index contributed by atoms with van der Waals surface area (Å²) in [6, 6.07) is 2.81. The largest absolute Gasteiger partial charge is 0.478 e. The van der Waals surface area contributed by atoms with E-state index in [9.17, 15) is 9.59 Å². The van der Waals surface area contributed by atoms with Gasteiger partial charge < -0.3 is 10.4 Å². The van der Waals surface area contributed by atoms with E-state index in [0.717, 1.165) is 0 Å². The number of carbonyl (C=O) groups excluding carboxylic acids is 1.